The summed E-state index contributed by atoms with van der Waals surface area (Å²) >= 11 is 0. The molecule has 148 valence electrons. The molecule has 3 rings (SSSR count). The average Bonchev–Trinajstić information content (AvgIpc) is 2.63. The maximum Gasteiger partial charge on any atom is 0.387 e. The molecule has 0 bridgehead atoms. The summed E-state index contributed by atoms with van der Waals surface area (Å²) < 4.78 is 30.4. The van der Waals surface area contributed by atoms with Crippen LogP contribution in [0.15, 0.2) is 48.5 Å². The molecule has 0 saturated carbocycles. The Morgan fingerprint density at radius 2 is 1.93 bits per heavy atom. The molecule has 2 atom stereocenters. The lowest BCUT2D eigenvalue weighted by Crippen LogP contribution is -2.44. The van der Waals surface area contributed by atoms with E-state index in [2.05, 4.69) is 19.1 Å². The van der Waals surface area contributed by atoms with Gasteiger partial charge in [-0.2, -0.15) is 8.78 Å². The smallest absolute Gasteiger partial charge is 0.387 e. The molecule has 27 heavy (non-hydrogen) atoms. The standard InChI is InChI=1S/C21H26F2N2O.ClH/c1-2-15-10-11-19(26-21(22)23)18(13-15)14-17-9-6-12-25(24)20(17)16-7-4-3-5-8-16;/h3-5,7-8,10-11,13,17,20-21H,2,6,9,12,14,24H2,1H3;1H/t17-,20+;/m0./s1. The Hall–Kier alpha value is -1.69. The number of hydrazine groups is 1. The first-order chi connectivity index (χ1) is 12.6. The molecule has 0 spiro atoms. The number of rotatable bonds is 6. The molecule has 0 radical (unpaired) electrons. The fourth-order valence-electron chi connectivity index (χ4n) is 3.94. The third-order valence-corrected chi connectivity index (χ3v) is 5.17. The van der Waals surface area contributed by atoms with Crippen LogP contribution in [0.2, 0.25) is 0 Å². The Balaban J connectivity index is 0.00000261. The minimum absolute atomic E-state index is 0. The van der Waals surface area contributed by atoms with Gasteiger partial charge in [-0.3, -0.25) is 5.84 Å². The van der Waals surface area contributed by atoms with Gasteiger partial charge in [0.1, 0.15) is 5.75 Å². The van der Waals surface area contributed by atoms with Crippen LogP contribution in [-0.2, 0) is 12.8 Å². The number of aryl methyl sites for hydroxylation is 1. The van der Waals surface area contributed by atoms with Crippen molar-refractivity contribution in [2.45, 2.75) is 45.3 Å². The monoisotopic (exact) mass is 396 g/mol. The Kier molecular flexibility index (Phi) is 8.02. The van der Waals surface area contributed by atoms with Gasteiger partial charge in [0.2, 0.25) is 0 Å². The van der Waals surface area contributed by atoms with E-state index in [1.807, 2.05) is 35.3 Å². The molecule has 1 fully saturated rings. The molecule has 1 saturated heterocycles. The SMILES string of the molecule is CCc1ccc(OC(F)F)c(C[C@@H]2CCCN(N)[C@@H]2c2ccccc2)c1.Cl. The summed E-state index contributed by atoms with van der Waals surface area (Å²) in [5.74, 6) is 6.84. The number of alkyl halides is 2. The molecule has 0 unspecified atom stereocenters. The van der Waals surface area contributed by atoms with Gasteiger partial charge in [-0.25, -0.2) is 5.01 Å². The van der Waals surface area contributed by atoms with Crippen LogP contribution >= 0.6 is 12.4 Å². The first-order valence-electron chi connectivity index (χ1n) is 9.21. The third-order valence-electron chi connectivity index (χ3n) is 5.17. The van der Waals surface area contributed by atoms with Crippen molar-refractivity contribution in [2.75, 3.05) is 6.54 Å². The molecule has 1 aliphatic heterocycles. The number of hydrogen-bond acceptors (Lipinski definition) is 3. The topological polar surface area (TPSA) is 38.5 Å². The highest BCUT2D eigenvalue weighted by Gasteiger charge is 2.31. The molecule has 1 aliphatic rings. The minimum Gasteiger partial charge on any atom is -0.435 e. The Morgan fingerprint density at radius 3 is 2.59 bits per heavy atom. The van der Waals surface area contributed by atoms with Crippen LogP contribution in [0.4, 0.5) is 8.78 Å². The molecular formula is C21H27ClF2N2O. The summed E-state index contributed by atoms with van der Waals surface area (Å²) in [4.78, 5) is 0. The van der Waals surface area contributed by atoms with Gasteiger partial charge in [-0.15, -0.1) is 12.4 Å². The number of piperidine rings is 1. The fraction of sp³-hybridized carbons (Fsp3) is 0.429. The van der Waals surface area contributed by atoms with Crippen LogP contribution in [0, 0.1) is 5.92 Å². The van der Waals surface area contributed by atoms with E-state index in [9.17, 15) is 8.78 Å². The van der Waals surface area contributed by atoms with Gasteiger partial charge in [0.15, 0.2) is 0 Å². The Labute approximate surface area is 165 Å². The van der Waals surface area contributed by atoms with E-state index in [0.29, 0.717) is 6.42 Å². The summed E-state index contributed by atoms with van der Waals surface area (Å²) in [5.41, 5.74) is 3.13. The number of nitrogens with two attached hydrogens (primary N) is 1. The van der Waals surface area contributed by atoms with Gasteiger partial charge in [0.05, 0.1) is 6.04 Å². The molecule has 6 heteroatoms. The summed E-state index contributed by atoms with van der Waals surface area (Å²) in [6.07, 6.45) is 3.54. The fourth-order valence-corrected chi connectivity index (χ4v) is 3.94. The van der Waals surface area contributed by atoms with E-state index >= 15 is 0 Å². The zero-order valence-corrected chi connectivity index (χ0v) is 16.3. The zero-order valence-electron chi connectivity index (χ0n) is 15.5. The van der Waals surface area contributed by atoms with Crippen molar-refractivity contribution in [3.05, 3.63) is 65.2 Å². The van der Waals surface area contributed by atoms with Gasteiger partial charge in [0.25, 0.3) is 0 Å². The molecule has 0 aliphatic carbocycles. The maximum atomic E-state index is 12.8. The van der Waals surface area contributed by atoms with Crippen molar-refractivity contribution in [3.8, 4) is 5.75 Å². The summed E-state index contributed by atoms with van der Waals surface area (Å²) in [6.45, 7) is 0.0798. The van der Waals surface area contributed by atoms with Gasteiger partial charge in [0, 0.05) is 6.54 Å². The van der Waals surface area contributed by atoms with E-state index in [0.717, 1.165) is 36.9 Å². The normalized spacial score (nSPS) is 20.3. The number of nitrogens with zero attached hydrogens (tertiary/aromatic N) is 1. The zero-order chi connectivity index (χ0) is 18.5. The van der Waals surface area contributed by atoms with Crippen LogP contribution in [0.1, 0.15) is 42.5 Å². The molecule has 2 aromatic rings. The van der Waals surface area contributed by atoms with Crippen molar-refractivity contribution in [1.82, 2.24) is 5.01 Å². The summed E-state index contributed by atoms with van der Waals surface area (Å²) in [6, 6.07) is 15.8. The van der Waals surface area contributed by atoms with E-state index in [-0.39, 0.29) is 30.1 Å². The first-order valence-corrected chi connectivity index (χ1v) is 9.21. The second kappa shape index (κ2) is 10.0. The first kappa shape index (κ1) is 21.6. The average molecular weight is 397 g/mol. The highest BCUT2D eigenvalue weighted by atomic mass is 35.5. The quantitative estimate of drug-likeness (QED) is 0.687. The highest BCUT2D eigenvalue weighted by molar-refractivity contribution is 5.85. The summed E-state index contributed by atoms with van der Waals surface area (Å²) in [7, 11) is 0. The number of halogens is 3. The minimum atomic E-state index is -2.82. The van der Waals surface area contributed by atoms with Crippen molar-refractivity contribution in [3.63, 3.8) is 0 Å². The molecule has 0 aromatic heterocycles. The lowest BCUT2D eigenvalue weighted by atomic mass is 9.81. The van der Waals surface area contributed by atoms with Crippen LogP contribution < -0.4 is 10.6 Å². The number of hydrogen-bond donors (Lipinski definition) is 1. The largest absolute Gasteiger partial charge is 0.435 e. The van der Waals surface area contributed by atoms with E-state index in [1.54, 1.807) is 6.07 Å². The third kappa shape index (κ3) is 5.41. The lowest BCUT2D eigenvalue weighted by molar-refractivity contribution is -0.0507. The van der Waals surface area contributed by atoms with E-state index in [4.69, 9.17) is 10.6 Å². The van der Waals surface area contributed by atoms with Crippen molar-refractivity contribution in [1.29, 1.82) is 0 Å². The van der Waals surface area contributed by atoms with Crippen LogP contribution in [0.5, 0.6) is 5.75 Å². The molecule has 3 nitrogen and oxygen atoms in total. The molecular weight excluding hydrogens is 370 g/mol. The van der Waals surface area contributed by atoms with Crippen molar-refractivity contribution >= 4 is 12.4 Å². The Morgan fingerprint density at radius 1 is 1.19 bits per heavy atom. The highest BCUT2D eigenvalue weighted by Crippen LogP contribution is 2.38. The van der Waals surface area contributed by atoms with Crippen molar-refractivity contribution < 1.29 is 13.5 Å². The van der Waals surface area contributed by atoms with Crippen LogP contribution in [0.3, 0.4) is 0 Å². The molecule has 0 amide bonds. The van der Waals surface area contributed by atoms with Crippen LogP contribution in [0.25, 0.3) is 0 Å². The lowest BCUT2D eigenvalue weighted by Gasteiger charge is -2.39. The Bertz CT molecular complexity index is 715. The van der Waals surface area contributed by atoms with Gasteiger partial charge >= 0.3 is 6.61 Å². The second-order valence-electron chi connectivity index (χ2n) is 6.87. The number of ether oxygens (including phenoxy) is 1. The summed E-state index contributed by atoms with van der Waals surface area (Å²) in [5, 5.41) is 1.89. The second-order valence-corrected chi connectivity index (χ2v) is 6.87. The maximum absolute atomic E-state index is 12.8. The van der Waals surface area contributed by atoms with Gasteiger partial charge < -0.3 is 4.74 Å². The predicted octanol–water partition coefficient (Wildman–Crippen LogP) is 5.14. The van der Waals surface area contributed by atoms with Crippen molar-refractivity contribution in [2.24, 2.45) is 11.8 Å². The molecule has 1 heterocycles. The molecule has 2 aromatic carbocycles. The van der Waals surface area contributed by atoms with E-state index in [1.165, 1.54) is 5.56 Å². The van der Waals surface area contributed by atoms with E-state index < -0.39 is 6.61 Å². The van der Waals surface area contributed by atoms with Gasteiger partial charge in [-0.1, -0.05) is 49.4 Å². The number of benzene rings is 2. The van der Waals surface area contributed by atoms with Gasteiger partial charge in [-0.05, 0) is 54.4 Å². The molecule has 2 N–H and O–H groups in total. The predicted molar refractivity (Wildman–Crippen MR) is 106 cm³/mol. The van der Waals surface area contributed by atoms with Crippen LogP contribution in [-0.4, -0.2) is 18.2 Å².